The predicted molar refractivity (Wildman–Crippen MR) is 95.8 cm³/mol. The van der Waals surface area contributed by atoms with Gasteiger partial charge in [0.05, 0.1) is 4.92 Å². The molecule has 9 nitrogen and oxygen atoms in total. The minimum absolute atomic E-state index is 0.0130. The van der Waals surface area contributed by atoms with Gasteiger partial charge in [-0.1, -0.05) is 12.1 Å². The molecular weight excluding hydrogens is 352 g/mol. The van der Waals surface area contributed by atoms with Crippen LogP contribution < -0.4 is 0 Å². The first kappa shape index (κ1) is 18.6. The number of carbonyl (C=O) groups excluding carboxylic acids is 1. The topological polar surface area (TPSA) is 119 Å². The van der Waals surface area contributed by atoms with E-state index >= 15 is 0 Å². The number of amides is 1. The lowest BCUT2D eigenvalue weighted by Crippen LogP contribution is -2.44. The molecule has 1 aliphatic rings. The Bertz CT molecular complexity index is 863. The summed E-state index contributed by atoms with van der Waals surface area (Å²) in [6.07, 6.45) is 4.53. The molecule has 0 saturated carbocycles. The van der Waals surface area contributed by atoms with Gasteiger partial charge in [-0.2, -0.15) is 5.10 Å². The van der Waals surface area contributed by atoms with Gasteiger partial charge in [0.15, 0.2) is 5.69 Å². The quantitative estimate of drug-likeness (QED) is 0.615. The van der Waals surface area contributed by atoms with Crippen LogP contribution in [-0.4, -0.2) is 49.2 Å². The minimum Gasteiger partial charge on any atom is -0.481 e. The van der Waals surface area contributed by atoms with Crippen molar-refractivity contribution in [3.63, 3.8) is 0 Å². The Hall–Kier alpha value is -3.23. The first-order valence-corrected chi connectivity index (χ1v) is 8.79. The molecule has 0 spiro atoms. The molecule has 27 heavy (non-hydrogen) atoms. The lowest BCUT2D eigenvalue weighted by molar-refractivity contribution is -0.384. The van der Waals surface area contributed by atoms with Gasteiger partial charge in [-0.25, -0.2) is 4.68 Å². The fraction of sp³-hybridized carbons (Fsp3) is 0.389. The molecule has 1 unspecified atom stereocenters. The molecule has 1 aromatic heterocycles. The average molecular weight is 372 g/mol. The van der Waals surface area contributed by atoms with E-state index in [1.165, 1.54) is 23.0 Å². The third-order valence-corrected chi connectivity index (χ3v) is 4.71. The largest absolute Gasteiger partial charge is 0.481 e. The highest BCUT2D eigenvalue weighted by Crippen LogP contribution is 2.24. The van der Waals surface area contributed by atoms with Gasteiger partial charge in [0.2, 0.25) is 0 Å². The van der Waals surface area contributed by atoms with Crippen molar-refractivity contribution in [3.05, 3.63) is 52.3 Å². The molecule has 142 valence electrons. The minimum atomic E-state index is -0.881. The Morgan fingerprint density at radius 2 is 2.04 bits per heavy atom. The van der Waals surface area contributed by atoms with E-state index < -0.39 is 10.9 Å². The van der Waals surface area contributed by atoms with Gasteiger partial charge in [0.1, 0.15) is 5.69 Å². The molecule has 1 aromatic carbocycles. The second-order valence-corrected chi connectivity index (χ2v) is 6.47. The fourth-order valence-corrected chi connectivity index (χ4v) is 3.39. The highest BCUT2D eigenvalue weighted by atomic mass is 16.6. The summed E-state index contributed by atoms with van der Waals surface area (Å²) in [6, 6.07) is 7.58. The van der Waals surface area contributed by atoms with Crippen LogP contribution in [0.4, 0.5) is 5.69 Å². The second-order valence-electron chi connectivity index (χ2n) is 6.47. The maximum atomic E-state index is 12.9. The number of aliphatic carboxylic acids is 1. The molecule has 1 aliphatic heterocycles. The van der Waals surface area contributed by atoms with Crippen molar-refractivity contribution >= 4 is 17.6 Å². The molecule has 2 heterocycles. The SMILES string of the molecule is O=C(O)CCC1CCCCN1C(=O)c1ccn(-c2ccccc2[N+](=O)[O-])n1. The molecule has 2 aromatic rings. The van der Waals surface area contributed by atoms with Crippen LogP contribution in [0.25, 0.3) is 5.69 Å². The van der Waals surface area contributed by atoms with Crippen molar-refractivity contribution in [2.75, 3.05) is 6.54 Å². The van der Waals surface area contributed by atoms with Gasteiger partial charge in [-0.05, 0) is 37.8 Å². The average Bonchev–Trinajstić information content (AvgIpc) is 3.16. The zero-order valence-corrected chi connectivity index (χ0v) is 14.7. The summed E-state index contributed by atoms with van der Waals surface area (Å²) in [6.45, 7) is 0.557. The molecule has 1 amide bonds. The lowest BCUT2D eigenvalue weighted by Gasteiger charge is -2.35. The molecule has 0 aliphatic carbocycles. The molecule has 1 atom stereocenters. The van der Waals surface area contributed by atoms with Crippen molar-refractivity contribution < 1.29 is 19.6 Å². The first-order chi connectivity index (χ1) is 13.0. The van der Waals surface area contributed by atoms with E-state index in [2.05, 4.69) is 5.10 Å². The Morgan fingerprint density at radius 1 is 1.26 bits per heavy atom. The Kier molecular flexibility index (Phi) is 5.49. The summed E-state index contributed by atoms with van der Waals surface area (Å²) >= 11 is 0. The number of hydrogen-bond donors (Lipinski definition) is 1. The standard InChI is InChI=1S/C18H20N4O5/c23-17(24)9-8-13-5-3-4-11-20(13)18(25)14-10-12-21(19-14)15-6-1-2-7-16(15)22(26)27/h1-2,6-7,10,12-13H,3-5,8-9,11H2,(H,23,24). The van der Waals surface area contributed by atoms with E-state index in [9.17, 15) is 19.7 Å². The number of nitro benzene ring substituents is 1. The second kappa shape index (κ2) is 7.98. The number of rotatable bonds is 6. The number of benzene rings is 1. The normalized spacial score (nSPS) is 16.9. The van der Waals surface area contributed by atoms with Gasteiger partial charge in [0, 0.05) is 31.3 Å². The number of piperidine rings is 1. The fourth-order valence-electron chi connectivity index (χ4n) is 3.39. The number of likely N-dealkylation sites (tertiary alicyclic amines) is 1. The number of nitrogens with zero attached hydrogens (tertiary/aromatic N) is 4. The zero-order chi connectivity index (χ0) is 19.4. The monoisotopic (exact) mass is 372 g/mol. The van der Waals surface area contributed by atoms with Crippen LogP contribution in [0.15, 0.2) is 36.5 Å². The van der Waals surface area contributed by atoms with Crippen LogP contribution in [0.5, 0.6) is 0 Å². The van der Waals surface area contributed by atoms with Crippen LogP contribution >= 0.6 is 0 Å². The molecule has 1 fully saturated rings. The van der Waals surface area contributed by atoms with Crippen LogP contribution in [0.2, 0.25) is 0 Å². The molecule has 1 N–H and O–H groups in total. The Labute approximate surface area is 155 Å². The predicted octanol–water partition coefficient (Wildman–Crippen LogP) is 2.64. The Morgan fingerprint density at radius 3 is 2.78 bits per heavy atom. The van der Waals surface area contributed by atoms with Gasteiger partial charge in [-0.3, -0.25) is 19.7 Å². The van der Waals surface area contributed by atoms with Crippen molar-refractivity contribution in [2.45, 2.75) is 38.1 Å². The van der Waals surface area contributed by atoms with Crippen molar-refractivity contribution in [3.8, 4) is 5.69 Å². The van der Waals surface area contributed by atoms with E-state index in [1.54, 1.807) is 23.1 Å². The third kappa shape index (κ3) is 4.13. The summed E-state index contributed by atoms with van der Waals surface area (Å²) in [5, 5.41) is 24.3. The molecule has 1 saturated heterocycles. The Balaban J connectivity index is 1.82. The molecule has 0 bridgehead atoms. The molecule has 9 heteroatoms. The van der Waals surface area contributed by atoms with Gasteiger partial charge < -0.3 is 10.0 Å². The highest BCUT2D eigenvalue weighted by molar-refractivity contribution is 5.92. The summed E-state index contributed by atoms with van der Waals surface area (Å²) in [4.78, 5) is 36.1. The number of carboxylic acid groups (broad SMARTS) is 1. The summed E-state index contributed by atoms with van der Waals surface area (Å²) in [5.74, 6) is -1.16. The van der Waals surface area contributed by atoms with Crippen molar-refractivity contribution in [1.29, 1.82) is 0 Å². The van der Waals surface area contributed by atoms with Crippen LogP contribution in [0, 0.1) is 10.1 Å². The van der Waals surface area contributed by atoms with Crippen molar-refractivity contribution in [1.82, 2.24) is 14.7 Å². The number of para-hydroxylation sites is 2. The first-order valence-electron chi connectivity index (χ1n) is 8.79. The zero-order valence-electron chi connectivity index (χ0n) is 14.7. The maximum Gasteiger partial charge on any atom is 0.303 e. The van der Waals surface area contributed by atoms with Crippen LogP contribution in [0.3, 0.4) is 0 Å². The van der Waals surface area contributed by atoms with E-state index in [-0.39, 0.29) is 35.4 Å². The number of hydrogen-bond acceptors (Lipinski definition) is 5. The molecule has 3 rings (SSSR count). The van der Waals surface area contributed by atoms with Gasteiger partial charge in [0.25, 0.3) is 11.6 Å². The van der Waals surface area contributed by atoms with Crippen molar-refractivity contribution in [2.24, 2.45) is 0 Å². The molecule has 0 radical (unpaired) electrons. The smallest absolute Gasteiger partial charge is 0.303 e. The maximum absolute atomic E-state index is 12.9. The lowest BCUT2D eigenvalue weighted by atomic mass is 9.97. The highest BCUT2D eigenvalue weighted by Gasteiger charge is 2.29. The van der Waals surface area contributed by atoms with Gasteiger partial charge in [-0.15, -0.1) is 0 Å². The van der Waals surface area contributed by atoms with Gasteiger partial charge >= 0.3 is 5.97 Å². The van der Waals surface area contributed by atoms with Crippen LogP contribution in [-0.2, 0) is 4.79 Å². The summed E-state index contributed by atoms with van der Waals surface area (Å²) < 4.78 is 1.32. The number of aromatic nitrogens is 2. The van der Waals surface area contributed by atoms with E-state index in [0.29, 0.717) is 13.0 Å². The van der Waals surface area contributed by atoms with E-state index in [0.717, 1.165) is 19.3 Å². The number of carbonyl (C=O) groups is 2. The summed E-state index contributed by atoms with van der Waals surface area (Å²) in [5.41, 5.74) is 0.370. The number of nitro groups is 1. The third-order valence-electron chi connectivity index (χ3n) is 4.71. The number of carboxylic acids is 1. The van der Waals surface area contributed by atoms with E-state index in [4.69, 9.17) is 5.11 Å². The van der Waals surface area contributed by atoms with E-state index in [1.807, 2.05) is 0 Å². The summed E-state index contributed by atoms with van der Waals surface area (Å²) in [7, 11) is 0. The molecular formula is C18H20N4O5. The van der Waals surface area contributed by atoms with Crippen LogP contribution in [0.1, 0.15) is 42.6 Å².